The van der Waals surface area contributed by atoms with Crippen LogP contribution < -0.4 is 5.73 Å². The Kier molecular flexibility index (Phi) is 5.58. The molecule has 136 valence electrons. The Morgan fingerprint density at radius 3 is 2.92 bits per heavy atom. The van der Waals surface area contributed by atoms with Gasteiger partial charge in [-0.15, -0.1) is 0 Å². The summed E-state index contributed by atoms with van der Waals surface area (Å²) in [5.74, 6) is 0.469. The second-order valence-electron chi connectivity index (χ2n) is 6.21. The molecule has 0 aromatic carbocycles. The van der Waals surface area contributed by atoms with Gasteiger partial charge in [0.25, 0.3) is 0 Å². The summed E-state index contributed by atoms with van der Waals surface area (Å²) in [5, 5.41) is 0.680. The minimum absolute atomic E-state index is 0.0988. The van der Waals surface area contributed by atoms with Gasteiger partial charge in [-0.3, -0.25) is 14.8 Å². The van der Waals surface area contributed by atoms with Crippen molar-refractivity contribution in [2.24, 2.45) is 10.7 Å². The SMILES string of the molecule is Cc1cnc(C(=O)Cc2ccnc([C@]3(CF)CCSC(N)=N3)c2)c(Cl)c1. The lowest BCUT2D eigenvalue weighted by molar-refractivity contribution is 0.0988. The second-order valence-corrected chi connectivity index (χ2v) is 7.73. The smallest absolute Gasteiger partial charge is 0.187 e. The van der Waals surface area contributed by atoms with E-state index in [0.717, 1.165) is 5.56 Å². The van der Waals surface area contributed by atoms with Crippen LogP contribution in [0.3, 0.4) is 0 Å². The van der Waals surface area contributed by atoms with Crippen LogP contribution in [0.5, 0.6) is 0 Å². The van der Waals surface area contributed by atoms with Crippen LogP contribution in [0.4, 0.5) is 4.39 Å². The zero-order valence-electron chi connectivity index (χ0n) is 14.2. The highest BCUT2D eigenvalue weighted by Crippen LogP contribution is 2.35. The minimum Gasteiger partial charge on any atom is -0.379 e. The van der Waals surface area contributed by atoms with Gasteiger partial charge in [0.05, 0.1) is 10.7 Å². The van der Waals surface area contributed by atoms with E-state index in [2.05, 4.69) is 15.0 Å². The van der Waals surface area contributed by atoms with Gasteiger partial charge in [-0.05, 0) is 42.7 Å². The number of carbonyl (C=O) groups excluding carboxylic acids is 1. The molecule has 0 saturated carbocycles. The fraction of sp³-hybridized carbons (Fsp3) is 0.333. The van der Waals surface area contributed by atoms with E-state index in [1.807, 2.05) is 6.92 Å². The van der Waals surface area contributed by atoms with Crippen molar-refractivity contribution < 1.29 is 9.18 Å². The van der Waals surface area contributed by atoms with E-state index in [4.69, 9.17) is 17.3 Å². The lowest BCUT2D eigenvalue weighted by Crippen LogP contribution is -2.34. The molecule has 8 heteroatoms. The average Bonchev–Trinajstić information content (AvgIpc) is 2.61. The molecule has 0 radical (unpaired) electrons. The van der Waals surface area contributed by atoms with Crippen LogP contribution in [-0.2, 0) is 12.0 Å². The molecule has 1 aliphatic heterocycles. The molecule has 2 aromatic rings. The van der Waals surface area contributed by atoms with Crippen molar-refractivity contribution in [3.63, 3.8) is 0 Å². The van der Waals surface area contributed by atoms with Crippen molar-refractivity contribution in [2.75, 3.05) is 12.4 Å². The Bertz CT molecular complexity index is 876. The molecule has 0 bridgehead atoms. The Morgan fingerprint density at radius 2 is 2.23 bits per heavy atom. The molecule has 0 amide bonds. The van der Waals surface area contributed by atoms with Crippen molar-refractivity contribution in [1.82, 2.24) is 9.97 Å². The molecule has 3 heterocycles. The summed E-state index contributed by atoms with van der Waals surface area (Å²) in [5.41, 5.74) is 7.01. The zero-order chi connectivity index (χ0) is 18.7. The van der Waals surface area contributed by atoms with Gasteiger partial charge in [-0.25, -0.2) is 9.38 Å². The van der Waals surface area contributed by atoms with Gasteiger partial charge < -0.3 is 5.73 Å². The van der Waals surface area contributed by atoms with E-state index in [-0.39, 0.29) is 17.9 Å². The number of alkyl halides is 1. The Morgan fingerprint density at radius 1 is 1.42 bits per heavy atom. The number of carbonyl (C=O) groups is 1. The molecule has 3 rings (SSSR count). The maximum Gasteiger partial charge on any atom is 0.187 e. The number of hydrogen-bond acceptors (Lipinski definition) is 6. The van der Waals surface area contributed by atoms with Crippen molar-refractivity contribution in [3.05, 3.63) is 58.1 Å². The Balaban J connectivity index is 1.88. The maximum atomic E-state index is 13.8. The number of pyridine rings is 2. The number of ketones is 1. The van der Waals surface area contributed by atoms with Crippen molar-refractivity contribution in [1.29, 1.82) is 0 Å². The standard InChI is InChI=1S/C18H18ClFN4OS/c1-11-6-13(19)16(23-9-11)14(25)7-12-2-4-22-15(8-12)18(10-20)3-5-26-17(21)24-18/h2,4,6,8-9H,3,5,7,10H2,1H3,(H2,21,24)/t18-/m1/s1. The molecular weight excluding hydrogens is 375 g/mol. The number of aromatic nitrogens is 2. The third kappa shape index (κ3) is 3.88. The van der Waals surface area contributed by atoms with E-state index in [9.17, 15) is 9.18 Å². The quantitative estimate of drug-likeness (QED) is 0.788. The number of aliphatic imine (C=N–C) groups is 1. The van der Waals surface area contributed by atoms with Gasteiger partial charge in [0.2, 0.25) is 0 Å². The summed E-state index contributed by atoms with van der Waals surface area (Å²) in [6.07, 6.45) is 3.77. The number of rotatable bonds is 5. The molecular formula is C18H18ClFN4OS. The van der Waals surface area contributed by atoms with Crippen LogP contribution in [0.2, 0.25) is 5.02 Å². The summed E-state index contributed by atoms with van der Waals surface area (Å²) in [7, 11) is 0. The van der Waals surface area contributed by atoms with Crippen LogP contribution in [0, 0.1) is 6.92 Å². The number of nitrogens with zero attached hydrogens (tertiary/aromatic N) is 3. The monoisotopic (exact) mass is 392 g/mol. The topological polar surface area (TPSA) is 81.2 Å². The molecule has 1 aliphatic rings. The first-order valence-electron chi connectivity index (χ1n) is 8.08. The van der Waals surface area contributed by atoms with E-state index >= 15 is 0 Å². The highest BCUT2D eigenvalue weighted by Gasteiger charge is 2.36. The first-order chi connectivity index (χ1) is 12.4. The summed E-state index contributed by atoms with van der Waals surface area (Å²) in [6, 6.07) is 5.14. The van der Waals surface area contributed by atoms with Crippen LogP contribution >= 0.6 is 23.4 Å². The zero-order valence-corrected chi connectivity index (χ0v) is 15.8. The summed E-state index contributed by atoms with van der Waals surface area (Å²) < 4.78 is 13.8. The first kappa shape index (κ1) is 18.8. The van der Waals surface area contributed by atoms with Crippen LogP contribution in [0.1, 0.15) is 33.7 Å². The predicted octanol–water partition coefficient (Wildman–Crippen LogP) is 3.48. The molecule has 0 saturated heterocycles. The van der Waals surface area contributed by atoms with E-state index in [0.29, 0.717) is 33.6 Å². The fourth-order valence-electron chi connectivity index (χ4n) is 2.82. The van der Waals surface area contributed by atoms with Gasteiger partial charge in [-0.1, -0.05) is 23.4 Å². The Hall–Kier alpha value is -1.99. The van der Waals surface area contributed by atoms with Crippen LogP contribution in [-0.4, -0.2) is 33.3 Å². The lowest BCUT2D eigenvalue weighted by atomic mass is 9.92. The normalized spacial score (nSPS) is 19.9. The fourth-order valence-corrected chi connectivity index (χ4v) is 4.04. The van der Waals surface area contributed by atoms with Crippen LogP contribution in [0.15, 0.2) is 35.6 Å². The maximum absolute atomic E-state index is 13.8. The third-order valence-electron chi connectivity index (χ3n) is 4.22. The molecule has 5 nitrogen and oxygen atoms in total. The number of thioether (sulfide) groups is 1. The highest BCUT2D eigenvalue weighted by atomic mass is 35.5. The number of amidine groups is 1. The number of aryl methyl sites for hydroxylation is 1. The number of nitrogens with two attached hydrogens (primary N) is 1. The molecule has 0 unspecified atom stereocenters. The lowest BCUT2D eigenvalue weighted by Gasteiger charge is -2.30. The molecule has 0 fully saturated rings. The second kappa shape index (κ2) is 7.72. The number of hydrogen-bond donors (Lipinski definition) is 1. The first-order valence-corrected chi connectivity index (χ1v) is 9.45. The van der Waals surface area contributed by atoms with Gasteiger partial charge >= 0.3 is 0 Å². The van der Waals surface area contributed by atoms with Gasteiger partial charge in [0.1, 0.15) is 17.9 Å². The van der Waals surface area contributed by atoms with Crippen molar-refractivity contribution in [2.45, 2.75) is 25.3 Å². The predicted molar refractivity (Wildman–Crippen MR) is 103 cm³/mol. The average molecular weight is 393 g/mol. The minimum atomic E-state index is -1.08. The molecule has 2 N–H and O–H groups in total. The highest BCUT2D eigenvalue weighted by molar-refractivity contribution is 8.13. The number of Topliss-reactive ketones (excluding diaryl/α,β-unsaturated/α-hetero) is 1. The van der Waals surface area contributed by atoms with Crippen molar-refractivity contribution >= 4 is 34.3 Å². The van der Waals surface area contributed by atoms with Gasteiger partial charge in [0, 0.05) is 24.6 Å². The summed E-state index contributed by atoms with van der Waals surface area (Å²) in [6.45, 7) is 1.16. The number of halogens is 2. The van der Waals surface area contributed by atoms with E-state index < -0.39 is 12.2 Å². The molecule has 0 spiro atoms. The van der Waals surface area contributed by atoms with Gasteiger partial charge in [-0.2, -0.15) is 0 Å². The largest absolute Gasteiger partial charge is 0.379 e. The third-order valence-corrected chi connectivity index (χ3v) is 5.30. The van der Waals surface area contributed by atoms with E-state index in [1.54, 1.807) is 30.6 Å². The summed E-state index contributed by atoms with van der Waals surface area (Å²) >= 11 is 7.53. The molecule has 1 atom stereocenters. The molecule has 0 aliphatic carbocycles. The molecule has 2 aromatic heterocycles. The van der Waals surface area contributed by atoms with Gasteiger partial charge in [0.15, 0.2) is 11.0 Å². The van der Waals surface area contributed by atoms with E-state index in [1.165, 1.54) is 11.8 Å². The Labute approximate surface area is 160 Å². The summed E-state index contributed by atoms with van der Waals surface area (Å²) in [4.78, 5) is 25.3. The van der Waals surface area contributed by atoms with Crippen molar-refractivity contribution in [3.8, 4) is 0 Å². The van der Waals surface area contributed by atoms with Crippen LogP contribution in [0.25, 0.3) is 0 Å². The molecule has 26 heavy (non-hydrogen) atoms.